The summed E-state index contributed by atoms with van der Waals surface area (Å²) >= 11 is 1.58. The Morgan fingerprint density at radius 1 is 0.909 bits per heavy atom. The van der Waals surface area contributed by atoms with Gasteiger partial charge in [0.2, 0.25) is 0 Å². The quantitative estimate of drug-likeness (QED) is 0.567. The molecule has 2 aromatic rings. The van der Waals surface area contributed by atoms with Gasteiger partial charge in [0.05, 0.1) is 0 Å². The molecule has 0 heterocycles. The Kier molecular flexibility index (Phi) is 5.35. The van der Waals surface area contributed by atoms with E-state index in [1.165, 1.54) is 55.2 Å². The number of hydrogen-bond donors (Lipinski definition) is 0. The fourth-order valence-electron chi connectivity index (χ4n) is 3.49. The van der Waals surface area contributed by atoms with Gasteiger partial charge < -0.3 is 0 Å². The molecule has 0 spiro atoms. The molecule has 0 radical (unpaired) electrons. The first-order valence-corrected chi connectivity index (χ1v) is 9.96. The van der Waals surface area contributed by atoms with Crippen LogP contribution in [0.15, 0.2) is 30.3 Å². The Morgan fingerprint density at radius 2 is 1.64 bits per heavy atom. The molecular formula is C21H25Zr. The Labute approximate surface area is 150 Å². The van der Waals surface area contributed by atoms with E-state index >= 15 is 0 Å². The number of hydrogen-bond acceptors (Lipinski definition) is 0. The molecule has 0 unspecified atom stereocenters. The molecule has 1 heteroatoms. The van der Waals surface area contributed by atoms with E-state index in [0.29, 0.717) is 0 Å². The molecule has 2 aromatic carbocycles. The summed E-state index contributed by atoms with van der Waals surface area (Å²) in [5.74, 6) is 0. The van der Waals surface area contributed by atoms with E-state index in [0.717, 1.165) is 6.42 Å². The van der Waals surface area contributed by atoms with Crippen molar-refractivity contribution in [3.63, 3.8) is 0 Å². The molecule has 0 aliphatic heterocycles. The zero-order valence-electron chi connectivity index (χ0n) is 13.8. The van der Waals surface area contributed by atoms with E-state index in [-0.39, 0.29) is 0 Å². The maximum atomic E-state index is 2.46. The van der Waals surface area contributed by atoms with Gasteiger partial charge in [-0.15, -0.1) is 0 Å². The van der Waals surface area contributed by atoms with E-state index in [1.807, 2.05) is 0 Å². The number of rotatable bonds is 6. The molecule has 0 fully saturated rings. The molecule has 0 atom stereocenters. The van der Waals surface area contributed by atoms with Gasteiger partial charge in [0, 0.05) is 0 Å². The summed E-state index contributed by atoms with van der Waals surface area (Å²) in [5.41, 5.74) is 9.28. The van der Waals surface area contributed by atoms with Crippen LogP contribution in [0.4, 0.5) is 0 Å². The van der Waals surface area contributed by atoms with Crippen LogP contribution in [0.25, 0.3) is 11.1 Å². The van der Waals surface area contributed by atoms with E-state index in [2.05, 4.69) is 44.2 Å². The van der Waals surface area contributed by atoms with Crippen molar-refractivity contribution in [3.05, 3.63) is 52.6 Å². The van der Waals surface area contributed by atoms with Crippen molar-refractivity contribution in [2.75, 3.05) is 0 Å². The van der Waals surface area contributed by atoms with Crippen LogP contribution in [-0.2, 0) is 44.0 Å². The maximum absolute atomic E-state index is 2.46. The molecule has 0 amide bonds. The predicted octanol–water partition coefficient (Wildman–Crippen LogP) is 5.12. The Balaban J connectivity index is 1.90. The molecule has 0 aromatic heterocycles. The Bertz CT molecular complexity index is 670. The van der Waals surface area contributed by atoms with Crippen molar-refractivity contribution in [1.29, 1.82) is 0 Å². The van der Waals surface area contributed by atoms with E-state index < -0.39 is 0 Å². The average Bonchev–Trinajstić information content (AvgIpc) is 2.91. The number of benzene rings is 2. The first-order chi connectivity index (χ1) is 10.7. The van der Waals surface area contributed by atoms with Crippen molar-refractivity contribution >= 4 is 3.27 Å². The summed E-state index contributed by atoms with van der Waals surface area (Å²) in [6.07, 6.45) is 8.82. The van der Waals surface area contributed by atoms with E-state index in [9.17, 15) is 0 Å². The second-order valence-corrected chi connectivity index (χ2v) is 7.73. The molecule has 3 rings (SSSR count). The molecule has 0 bridgehead atoms. The van der Waals surface area contributed by atoms with Crippen molar-refractivity contribution in [1.82, 2.24) is 0 Å². The van der Waals surface area contributed by atoms with Crippen LogP contribution in [0, 0.1) is 0 Å². The Morgan fingerprint density at radius 3 is 2.41 bits per heavy atom. The monoisotopic (exact) mass is 367 g/mol. The Hall–Kier alpha value is -0.677. The molecule has 0 saturated heterocycles. The molecule has 1 aliphatic rings. The van der Waals surface area contributed by atoms with Gasteiger partial charge in [-0.3, -0.25) is 0 Å². The van der Waals surface area contributed by atoms with Crippen LogP contribution >= 0.6 is 0 Å². The SMILES string of the molecule is CCCCc1ccc2c(c1)Cc1c-2ccc(CCCC)[c]1[Zr]. The average molecular weight is 369 g/mol. The van der Waals surface area contributed by atoms with Crippen LogP contribution < -0.4 is 3.27 Å². The summed E-state index contributed by atoms with van der Waals surface area (Å²) in [7, 11) is 0. The number of aryl methyl sites for hydroxylation is 2. The molecule has 22 heavy (non-hydrogen) atoms. The van der Waals surface area contributed by atoms with Crippen LogP contribution in [0.2, 0.25) is 0 Å². The number of unbranched alkanes of at least 4 members (excludes halogenated alkanes) is 2. The third-order valence-electron chi connectivity index (χ3n) is 4.84. The van der Waals surface area contributed by atoms with Crippen molar-refractivity contribution in [3.8, 4) is 11.1 Å². The second kappa shape index (κ2) is 7.26. The first-order valence-electron chi connectivity index (χ1n) is 8.73. The van der Waals surface area contributed by atoms with Crippen LogP contribution in [-0.4, -0.2) is 0 Å². The van der Waals surface area contributed by atoms with Crippen molar-refractivity contribution in [2.24, 2.45) is 0 Å². The van der Waals surface area contributed by atoms with Gasteiger partial charge in [0.15, 0.2) is 0 Å². The second-order valence-electron chi connectivity index (χ2n) is 6.50. The van der Waals surface area contributed by atoms with E-state index in [4.69, 9.17) is 0 Å². The van der Waals surface area contributed by atoms with Gasteiger partial charge in [-0.25, -0.2) is 0 Å². The molecular weight excluding hydrogens is 343 g/mol. The van der Waals surface area contributed by atoms with Crippen LogP contribution in [0.3, 0.4) is 0 Å². The predicted molar refractivity (Wildman–Crippen MR) is 91.5 cm³/mol. The van der Waals surface area contributed by atoms with Crippen molar-refractivity contribution < 1.29 is 24.7 Å². The summed E-state index contributed by atoms with van der Waals surface area (Å²) in [5, 5.41) is 0. The number of fused-ring (bicyclic) bond motifs is 3. The minimum atomic E-state index is 1.16. The normalized spacial score (nSPS) is 12.2. The molecule has 1 aliphatic carbocycles. The van der Waals surface area contributed by atoms with Gasteiger partial charge in [0.1, 0.15) is 0 Å². The van der Waals surface area contributed by atoms with Gasteiger partial charge >= 0.3 is 150 Å². The fraction of sp³-hybridized carbons (Fsp3) is 0.429. The summed E-state index contributed by atoms with van der Waals surface area (Å²) in [6.45, 7) is 4.55. The third kappa shape index (κ3) is 3.16. The summed E-state index contributed by atoms with van der Waals surface area (Å²) in [6, 6.07) is 11.9. The van der Waals surface area contributed by atoms with Crippen LogP contribution in [0.5, 0.6) is 0 Å². The molecule has 113 valence electrons. The zero-order chi connectivity index (χ0) is 15.5. The summed E-state index contributed by atoms with van der Waals surface area (Å²) < 4.78 is 1.63. The van der Waals surface area contributed by atoms with Gasteiger partial charge in [0.25, 0.3) is 0 Å². The topological polar surface area (TPSA) is 0 Å². The molecule has 0 saturated carbocycles. The summed E-state index contributed by atoms with van der Waals surface area (Å²) in [4.78, 5) is 0. The van der Waals surface area contributed by atoms with Crippen LogP contribution in [0.1, 0.15) is 61.8 Å². The van der Waals surface area contributed by atoms with Crippen molar-refractivity contribution in [2.45, 2.75) is 58.8 Å². The van der Waals surface area contributed by atoms with Gasteiger partial charge in [-0.1, -0.05) is 0 Å². The fourth-order valence-corrected chi connectivity index (χ4v) is 4.55. The minimum absolute atomic E-state index is 1.16. The molecule has 0 N–H and O–H groups in total. The third-order valence-corrected chi connectivity index (χ3v) is 6.38. The zero-order valence-corrected chi connectivity index (χ0v) is 16.3. The van der Waals surface area contributed by atoms with Gasteiger partial charge in [-0.05, 0) is 0 Å². The first kappa shape index (κ1) is 16.2. The molecule has 0 nitrogen and oxygen atoms in total. The standard InChI is InChI=1S/C21H25.Zr/c1-3-5-7-16-9-11-20-18(13-16)15-19-14-17(8-6-4-2)10-12-21(19)20;/h9-13H,3-8,15H2,1-2H3;. The van der Waals surface area contributed by atoms with Gasteiger partial charge in [-0.2, -0.15) is 0 Å². The van der Waals surface area contributed by atoms with E-state index in [1.54, 1.807) is 44.7 Å².